The standard InChI is InChI=1S/C16H28N2/c1-12(2)17-10-15(5)11-18(6)16-8-13(3)7-14(4)9-16/h7-9,12,15,17H,10-11H2,1-6H3. The number of nitrogens with zero attached hydrogens (tertiary/aromatic N) is 1. The Morgan fingerprint density at radius 2 is 1.61 bits per heavy atom. The minimum absolute atomic E-state index is 0.568. The van der Waals surface area contributed by atoms with Crippen LogP contribution in [0.4, 0.5) is 5.69 Å². The predicted octanol–water partition coefficient (Wildman–Crippen LogP) is 3.37. The summed E-state index contributed by atoms with van der Waals surface area (Å²) in [6, 6.07) is 7.31. The van der Waals surface area contributed by atoms with Crippen molar-refractivity contribution in [3.05, 3.63) is 29.3 Å². The lowest BCUT2D eigenvalue weighted by Crippen LogP contribution is -2.34. The van der Waals surface area contributed by atoms with Gasteiger partial charge in [0.25, 0.3) is 0 Å². The zero-order valence-electron chi connectivity index (χ0n) is 12.7. The number of anilines is 1. The molecule has 0 saturated carbocycles. The molecule has 0 fully saturated rings. The van der Waals surface area contributed by atoms with Crippen LogP contribution < -0.4 is 10.2 Å². The van der Waals surface area contributed by atoms with Crippen LogP contribution in [0.15, 0.2) is 18.2 Å². The maximum Gasteiger partial charge on any atom is 0.0369 e. The van der Waals surface area contributed by atoms with Gasteiger partial charge in [0.1, 0.15) is 0 Å². The number of hydrogen-bond donors (Lipinski definition) is 1. The molecule has 1 rings (SSSR count). The molecule has 0 aliphatic heterocycles. The van der Waals surface area contributed by atoms with Gasteiger partial charge in [0, 0.05) is 25.3 Å². The van der Waals surface area contributed by atoms with Crippen molar-refractivity contribution in [2.45, 2.75) is 40.7 Å². The Hall–Kier alpha value is -1.02. The van der Waals surface area contributed by atoms with Gasteiger partial charge in [-0.1, -0.05) is 26.8 Å². The molecular formula is C16H28N2. The van der Waals surface area contributed by atoms with Gasteiger partial charge in [-0.2, -0.15) is 0 Å². The maximum absolute atomic E-state index is 3.50. The van der Waals surface area contributed by atoms with E-state index in [1.165, 1.54) is 16.8 Å². The molecule has 1 atom stereocenters. The van der Waals surface area contributed by atoms with E-state index < -0.39 is 0 Å². The normalized spacial score (nSPS) is 12.8. The topological polar surface area (TPSA) is 15.3 Å². The van der Waals surface area contributed by atoms with Gasteiger partial charge in [-0.3, -0.25) is 0 Å². The van der Waals surface area contributed by atoms with Crippen LogP contribution in [0.1, 0.15) is 31.9 Å². The molecule has 0 bridgehead atoms. The van der Waals surface area contributed by atoms with Gasteiger partial charge in [0.05, 0.1) is 0 Å². The Morgan fingerprint density at radius 1 is 1.06 bits per heavy atom. The van der Waals surface area contributed by atoms with Crippen molar-refractivity contribution >= 4 is 5.69 Å². The zero-order chi connectivity index (χ0) is 13.7. The summed E-state index contributed by atoms with van der Waals surface area (Å²) < 4.78 is 0. The molecule has 0 radical (unpaired) electrons. The Labute approximate surface area is 112 Å². The fraction of sp³-hybridized carbons (Fsp3) is 0.625. The summed E-state index contributed by atoms with van der Waals surface area (Å²) in [7, 11) is 2.18. The van der Waals surface area contributed by atoms with E-state index >= 15 is 0 Å². The molecule has 1 aromatic carbocycles. The predicted molar refractivity (Wildman–Crippen MR) is 81.5 cm³/mol. The third-order valence-electron chi connectivity index (χ3n) is 3.11. The SMILES string of the molecule is Cc1cc(C)cc(N(C)CC(C)CNC(C)C)c1. The lowest BCUT2D eigenvalue weighted by Gasteiger charge is -2.25. The van der Waals surface area contributed by atoms with Crippen molar-refractivity contribution in [3.63, 3.8) is 0 Å². The Morgan fingerprint density at radius 3 is 2.11 bits per heavy atom. The fourth-order valence-electron chi connectivity index (χ4n) is 2.25. The van der Waals surface area contributed by atoms with Crippen molar-refractivity contribution in [2.75, 3.05) is 25.0 Å². The number of nitrogens with one attached hydrogen (secondary N) is 1. The van der Waals surface area contributed by atoms with E-state index in [0.717, 1.165) is 13.1 Å². The monoisotopic (exact) mass is 248 g/mol. The second-order valence-corrected chi connectivity index (χ2v) is 5.89. The highest BCUT2D eigenvalue weighted by atomic mass is 15.1. The fourth-order valence-corrected chi connectivity index (χ4v) is 2.25. The van der Waals surface area contributed by atoms with Gasteiger partial charge < -0.3 is 10.2 Å². The molecule has 2 heteroatoms. The molecule has 0 spiro atoms. The summed E-state index contributed by atoms with van der Waals surface area (Å²) in [6.07, 6.45) is 0. The van der Waals surface area contributed by atoms with Crippen molar-refractivity contribution in [2.24, 2.45) is 5.92 Å². The van der Waals surface area contributed by atoms with Crippen molar-refractivity contribution in [1.82, 2.24) is 5.32 Å². The highest BCUT2D eigenvalue weighted by molar-refractivity contribution is 5.50. The average Bonchev–Trinajstić information content (AvgIpc) is 2.25. The average molecular weight is 248 g/mol. The highest BCUT2D eigenvalue weighted by Gasteiger charge is 2.08. The molecule has 1 aromatic rings. The highest BCUT2D eigenvalue weighted by Crippen LogP contribution is 2.18. The lowest BCUT2D eigenvalue weighted by atomic mass is 10.1. The van der Waals surface area contributed by atoms with Crippen LogP contribution in [0.2, 0.25) is 0 Å². The molecule has 1 N–H and O–H groups in total. The molecule has 102 valence electrons. The Bertz CT molecular complexity index is 351. The van der Waals surface area contributed by atoms with Crippen LogP contribution >= 0.6 is 0 Å². The zero-order valence-corrected chi connectivity index (χ0v) is 12.7. The van der Waals surface area contributed by atoms with E-state index in [4.69, 9.17) is 0 Å². The van der Waals surface area contributed by atoms with Gasteiger partial charge in [-0.15, -0.1) is 0 Å². The minimum atomic E-state index is 0.568. The first kappa shape index (κ1) is 15.0. The molecule has 0 saturated heterocycles. The number of rotatable bonds is 6. The van der Waals surface area contributed by atoms with Gasteiger partial charge >= 0.3 is 0 Å². The van der Waals surface area contributed by atoms with Crippen LogP contribution in [0.25, 0.3) is 0 Å². The van der Waals surface area contributed by atoms with E-state index in [1.807, 2.05) is 0 Å². The van der Waals surface area contributed by atoms with Crippen LogP contribution in [0.5, 0.6) is 0 Å². The van der Waals surface area contributed by atoms with E-state index in [9.17, 15) is 0 Å². The maximum atomic E-state index is 3.50. The number of hydrogen-bond acceptors (Lipinski definition) is 2. The first-order valence-corrected chi connectivity index (χ1v) is 6.91. The molecular weight excluding hydrogens is 220 g/mol. The largest absolute Gasteiger partial charge is 0.374 e. The summed E-state index contributed by atoms with van der Waals surface area (Å²) in [5.74, 6) is 0.651. The van der Waals surface area contributed by atoms with Crippen LogP contribution in [-0.2, 0) is 0 Å². The van der Waals surface area contributed by atoms with Gasteiger partial charge in [0.15, 0.2) is 0 Å². The summed E-state index contributed by atoms with van der Waals surface area (Å²) in [4.78, 5) is 2.35. The molecule has 0 amide bonds. The Kier molecular flexibility index (Phi) is 5.67. The minimum Gasteiger partial charge on any atom is -0.374 e. The molecule has 0 aromatic heterocycles. The number of benzene rings is 1. The van der Waals surface area contributed by atoms with Gasteiger partial charge in [0.2, 0.25) is 0 Å². The van der Waals surface area contributed by atoms with E-state index in [1.54, 1.807) is 0 Å². The van der Waals surface area contributed by atoms with E-state index in [0.29, 0.717) is 12.0 Å². The first-order valence-electron chi connectivity index (χ1n) is 6.91. The van der Waals surface area contributed by atoms with Crippen LogP contribution in [-0.4, -0.2) is 26.2 Å². The lowest BCUT2D eigenvalue weighted by molar-refractivity contribution is 0.478. The smallest absolute Gasteiger partial charge is 0.0369 e. The number of aryl methyl sites for hydroxylation is 2. The summed E-state index contributed by atoms with van der Waals surface area (Å²) in [5.41, 5.74) is 4.00. The molecule has 18 heavy (non-hydrogen) atoms. The molecule has 1 unspecified atom stereocenters. The second-order valence-electron chi connectivity index (χ2n) is 5.89. The molecule has 0 heterocycles. The Balaban J connectivity index is 2.56. The summed E-state index contributed by atoms with van der Waals surface area (Å²) in [5, 5.41) is 3.50. The molecule has 2 nitrogen and oxygen atoms in total. The summed E-state index contributed by atoms with van der Waals surface area (Å²) >= 11 is 0. The molecule has 0 aliphatic carbocycles. The third-order valence-corrected chi connectivity index (χ3v) is 3.11. The first-order chi connectivity index (χ1) is 8.38. The van der Waals surface area contributed by atoms with Crippen LogP contribution in [0, 0.1) is 19.8 Å². The van der Waals surface area contributed by atoms with Crippen molar-refractivity contribution < 1.29 is 0 Å². The van der Waals surface area contributed by atoms with Crippen LogP contribution in [0.3, 0.4) is 0 Å². The third kappa shape index (κ3) is 5.09. The molecule has 0 aliphatic rings. The van der Waals surface area contributed by atoms with Crippen molar-refractivity contribution in [3.8, 4) is 0 Å². The van der Waals surface area contributed by atoms with Gasteiger partial charge in [-0.25, -0.2) is 0 Å². The van der Waals surface area contributed by atoms with Crippen molar-refractivity contribution in [1.29, 1.82) is 0 Å². The quantitative estimate of drug-likeness (QED) is 0.830. The van der Waals surface area contributed by atoms with Gasteiger partial charge in [-0.05, 0) is 49.6 Å². The van der Waals surface area contributed by atoms with E-state index in [-0.39, 0.29) is 0 Å². The van der Waals surface area contributed by atoms with E-state index in [2.05, 4.69) is 70.1 Å². The second kappa shape index (κ2) is 6.79. The summed E-state index contributed by atoms with van der Waals surface area (Å²) in [6.45, 7) is 13.2.